The van der Waals surface area contributed by atoms with Gasteiger partial charge in [-0.3, -0.25) is 38.7 Å². The van der Waals surface area contributed by atoms with Gasteiger partial charge < -0.3 is 50.0 Å². The van der Waals surface area contributed by atoms with Crippen molar-refractivity contribution in [2.45, 2.75) is 122 Å². The number of likely N-dealkylation sites (N-methyl/N-ethyl adjacent to an activating group) is 1. The molecule has 7 amide bonds. The van der Waals surface area contributed by atoms with Crippen LogP contribution in [0.1, 0.15) is 95.2 Å². The van der Waals surface area contributed by atoms with Crippen LogP contribution in [0.5, 0.6) is 0 Å². The Morgan fingerprint density at radius 2 is 1.53 bits per heavy atom. The van der Waals surface area contributed by atoms with Crippen LogP contribution < -0.4 is 20.9 Å². The number of para-hydroxylation sites is 1. The number of rotatable bonds is 15. The molecule has 0 bridgehead atoms. The maximum atomic E-state index is 15.3. The lowest BCUT2D eigenvalue weighted by Crippen LogP contribution is -2.64. The number of amides is 7. The van der Waals surface area contributed by atoms with Crippen LogP contribution in [0.4, 0.5) is 39.8 Å². The molecule has 0 saturated carbocycles. The minimum Gasteiger partial charge on any atom is -0.465 e. The van der Waals surface area contributed by atoms with Gasteiger partial charge in [-0.15, -0.1) is 0 Å². The first kappa shape index (κ1) is 61.9. The largest absolute Gasteiger partial charge is 0.465 e. The Balaban J connectivity index is 1.02. The minimum absolute atomic E-state index is 0.0665. The van der Waals surface area contributed by atoms with Gasteiger partial charge in [0.25, 0.3) is 5.91 Å². The highest BCUT2D eigenvalue weighted by Crippen LogP contribution is 2.44. The number of piperazine rings is 1. The zero-order valence-electron chi connectivity index (χ0n) is 49.3. The lowest BCUT2D eigenvalue weighted by Gasteiger charge is -2.47. The SMILES string of the molecule is C[C@@H]1COCCN1C[C@H]1CN(C(=O)O)[C@H](C)CN1CC(=O)N1CC(C)(C(=O)Nc2ccc3c(c2)[C@@H](C(=O)Nc2c(F)cccc2F)N(C(=O)[C@@H](NC(=O)[C@H](C)N(C)C(=O)OC(C)(C)C)C2CCOCC2)C3)c2ccc(Cc3ccc(F)cc3)cc21. The number of morpholine rings is 1. The number of ether oxygens (including phenoxy) is 3. The molecule has 85 heavy (non-hydrogen) atoms. The Labute approximate surface area is 492 Å². The number of hydrogen-bond donors (Lipinski definition) is 4. The Bertz CT molecular complexity index is 3180. The highest BCUT2D eigenvalue weighted by Gasteiger charge is 2.49. The van der Waals surface area contributed by atoms with Gasteiger partial charge in [0.15, 0.2) is 0 Å². The highest BCUT2D eigenvalue weighted by molar-refractivity contribution is 6.07. The van der Waals surface area contributed by atoms with Crippen molar-refractivity contribution in [1.29, 1.82) is 0 Å². The van der Waals surface area contributed by atoms with Crippen LogP contribution in [0.15, 0.2) is 78.9 Å². The van der Waals surface area contributed by atoms with Crippen LogP contribution >= 0.6 is 0 Å². The van der Waals surface area contributed by atoms with Gasteiger partial charge in [-0.25, -0.2) is 22.8 Å². The number of nitrogens with one attached hydrogen (secondary N) is 3. The first-order chi connectivity index (χ1) is 40.3. The van der Waals surface area contributed by atoms with Crippen molar-refractivity contribution in [3.8, 4) is 0 Å². The number of carbonyl (C=O) groups is 7. The Hall–Kier alpha value is -7.60. The molecular formula is C62H76F3N9O11. The van der Waals surface area contributed by atoms with Gasteiger partial charge in [-0.05, 0) is 144 Å². The molecule has 3 fully saturated rings. The van der Waals surface area contributed by atoms with Gasteiger partial charge in [0.05, 0.1) is 25.2 Å². The van der Waals surface area contributed by atoms with Crippen LogP contribution in [0.3, 0.4) is 0 Å². The van der Waals surface area contributed by atoms with Crippen LogP contribution in [-0.2, 0) is 56.6 Å². The van der Waals surface area contributed by atoms with E-state index in [2.05, 4.69) is 20.9 Å². The third-order valence-electron chi connectivity index (χ3n) is 17.1. The number of carboxylic acid groups (broad SMARTS) is 1. The molecule has 5 aliphatic rings. The first-order valence-electron chi connectivity index (χ1n) is 28.9. The fraction of sp³-hybridized carbons (Fsp3) is 0.500. The molecule has 20 nitrogen and oxygen atoms in total. The zero-order valence-corrected chi connectivity index (χ0v) is 49.3. The average molecular weight is 1180 g/mol. The van der Waals surface area contributed by atoms with Crippen molar-refractivity contribution >= 4 is 58.8 Å². The van der Waals surface area contributed by atoms with E-state index >= 15 is 23.2 Å². The maximum Gasteiger partial charge on any atom is 0.410 e. The van der Waals surface area contributed by atoms with E-state index in [-0.39, 0.29) is 81.0 Å². The van der Waals surface area contributed by atoms with Crippen LogP contribution in [0, 0.1) is 23.4 Å². The molecule has 456 valence electrons. The molecule has 3 saturated heterocycles. The van der Waals surface area contributed by atoms with E-state index in [0.717, 1.165) is 34.2 Å². The molecular weight excluding hydrogens is 1100 g/mol. The smallest absolute Gasteiger partial charge is 0.410 e. The summed E-state index contributed by atoms with van der Waals surface area (Å²) in [7, 11) is 1.40. The van der Waals surface area contributed by atoms with E-state index in [4.69, 9.17) is 14.2 Å². The quantitative estimate of drug-likeness (QED) is 0.0953. The van der Waals surface area contributed by atoms with Crippen molar-refractivity contribution in [3.63, 3.8) is 0 Å². The molecule has 7 atom stereocenters. The molecule has 0 radical (unpaired) electrons. The number of fused-ring (bicyclic) bond motifs is 2. The summed E-state index contributed by atoms with van der Waals surface area (Å²) < 4.78 is 61.4. The molecule has 5 aliphatic heterocycles. The lowest BCUT2D eigenvalue weighted by molar-refractivity contribution is -0.144. The number of nitrogens with zero attached hydrogens (tertiary/aromatic N) is 6. The second-order valence-electron chi connectivity index (χ2n) is 24.3. The summed E-state index contributed by atoms with van der Waals surface area (Å²) in [4.78, 5) is 110. The van der Waals surface area contributed by atoms with Gasteiger partial charge >= 0.3 is 12.2 Å². The second kappa shape index (κ2) is 25.5. The van der Waals surface area contributed by atoms with Crippen LogP contribution in [0.25, 0.3) is 0 Å². The Morgan fingerprint density at radius 1 is 0.835 bits per heavy atom. The monoisotopic (exact) mass is 1180 g/mol. The number of benzene rings is 4. The van der Waals surface area contributed by atoms with Gasteiger partial charge in [-0.1, -0.05) is 36.4 Å². The van der Waals surface area contributed by atoms with E-state index in [9.17, 15) is 28.7 Å². The normalized spacial score (nSPS) is 22.6. The average Bonchev–Trinajstić information content (AvgIpc) is 2.26. The minimum atomic E-state index is -1.56. The Kier molecular flexibility index (Phi) is 18.6. The van der Waals surface area contributed by atoms with Gasteiger partial charge in [0.2, 0.25) is 23.6 Å². The van der Waals surface area contributed by atoms with E-state index < -0.39 is 94.2 Å². The van der Waals surface area contributed by atoms with Gasteiger partial charge in [0, 0.05) is 89.0 Å². The van der Waals surface area contributed by atoms with E-state index in [0.29, 0.717) is 62.4 Å². The number of carbonyl (C=O) groups excluding carboxylic acids is 6. The molecule has 23 heteroatoms. The molecule has 0 aromatic heterocycles. The molecule has 4 N–H and O–H groups in total. The summed E-state index contributed by atoms with van der Waals surface area (Å²) in [5.74, 6) is -6.25. The summed E-state index contributed by atoms with van der Waals surface area (Å²) in [5.41, 5.74) is 0.433. The third-order valence-corrected chi connectivity index (χ3v) is 17.1. The van der Waals surface area contributed by atoms with Crippen molar-refractivity contribution in [1.82, 2.24) is 29.8 Å². The molecule has 9 rings (SSSR count). The molecule has 0 aliphatic carbocycles. The van der Waals surface area contributed by atoms with Crippen molar-refractivity contribution in [3.05, 3.63) is 124 Å². The summed E-state index contributed by atoms with van der Waals surface area (Å²) in [6.45, 7) is 14.9. The van der Waals surface area contributed by atoms with Gasteiger partial charge in [0.1, 0.15) is 46.9 Å². The summed E-state index contributed by atoms with van der Waals surface area (Å²) in [6, 6.07) is 14.8. The fourth-order valence-corrected chi connectivity index (χ4v) is 12.1. The number of hydrogen-bond acceptors (Lipinski definition) is 12. The number of halogens is 3. The van der Waals surface area contributed by atoms with Crippen molar-refractivity contribution in [2.24, 2.45) is 5.92 Å². The molecule has 1 unspecified atom stereocenters. The molecule has 4 aromatic carbocycles. The predicted octanol–water partition coefficient (Wildman–Crippen LogP) is 6.90. The summed E-state index contributed by atoms with van der Waals surface area (Å²) in [5, 5.41) is 18.4. The highest BCUT2D eigenvalue weighted by atomic mass is 19.1. The predicted molar refractivity (Wildman–Crippen MR) is 309 cm³/mol. The third kappa shape index (κ3) is 13.7. The summed E-state index contributed by atoms with van der Waals surface area (Å²) >= 11 is 0. The van der Waals surface area contributed by atoms with Crippen LogP contribution in [0.2, 0.25) is 0 Å². The topological polar surface area (TPSA) is 223 Å². The van der Waals surface area contributed by atoms with E-state index in [1.807, 2.05) is 24.0 Å². The van der Waals surface area contributed by atoms with Crippen molar-refractivity contribution in [2.75, 3.05) is 88.3 Å². The zero-order chi connectivity index (χ0) is 61.2. The number of anilines is 3. The molecule has 5 heterocycles. The van der Waals surface area contributed by atoms with E-state index in [1.54, 1.807) is 69.9 Å². The van der Waals surface area contributed by atoms with Crippen molar-refractivity contribution < 1.29 is 66.1 Å². The Morgan fingerprint density at radius 3 is 2.20 bits per heavy atom. The fourth-order valence-electron chi connectivity index (χ4n) is 12.1. The standard InChI is InChI=1S/C62H76F3N9O11/c1-36-29-71(45(32-72(36)59(80)81)31-70-22-25-84-34-37(70)2)33-51(75)74-35-62(7,47-19-14-40(27-50(47)74)26-39-12-16-43(63)17-13-39)58(79)66-44-18-15-42-30-73(54(46(42)28-44)56(77)68-53-48(64)10-9-11-49(53)65)57(78)52(41-20-23-83-24-21-41)67-55(76)38(3)69(8)60(82)85-61(4,5)6/h9-19,27-28,36-38,41,45,52,54H,20-26,29-35H2,1-8H3,(H,66,79)(H,67,76)(H,68,77)(H,80,81)/t36-,37-,38+,45+,52+,54+,62?/m1/s1. The summed E-state index contributed by atoms with van der Waals surface area (Å²) in [6.07, 6.45) is -0.747. The molecule has 0 spiro atoms. The maximum absolute atomic E-state index is 15.3. The van der Waals surface area contributed by atoms with Gasteiger partial charge in [-0.2, -0.15) is 0 Å². The first-order valence-corrected chi connectivity index (χ1v) is 28.9. The second-order valence-corrected chi connectivity index (χ2v) is 24.3. The lowest BCUT2D eigenvalue weighted by atomic mass is 9.82. The molecule has 4 aromatic rings. The van der Waals surface area contributed by atoms with E-state index in [1.165, 1.54) is 42.0 Å². The van der Waals surface area contributed by atoms with Crippen LogP contribution in [-0.4, -0.2) is 180 Å².